The molecule has 98 valence electrons. The minimum atomic E-state index is 0.568. The number of hydrogen-bond donors (Lipinski definition) is 0. The highest BCUT2D eigenvalue weighted by Crippen LogP contribution is 2.39. The van der Waals surface area contributed by atoms with Gasteiger partial charge < -0.3 is 0 Å². The zero-order valence-corrected chi connectivity index (χ0v) is 12.8. The molecule has 0 fully saturated rings. The molecule has 0 aliphatic rings. The molecular formula is C16H34. The van der Waals surface area contributed by atoms with E-state index in [0.717, 1.165) is 17.8 Å². The Bertz CT molecular complexity index is 169. The van der Waals surface area contributed by atoms with E-state index in [1.165, 1.54) is 32.1 Å². The number of rotatable bonds is 8. The third-order valence-electron chi connectivity index (χ3n) is 4.11. The fourth-order valence-electron chi connectivity index (χ4n) is 3.03. The Hall–Kier alpha value is 0. The lowest BCUT2D eigenvalue weighted by Gasteiger charge is -2.35. The second-order valence-electron chi connectivity index (χ2n) is 6.76. The largest absolute Gasteiger partial charge is 0.0654 e. The fraction of sp³-hybridized carbons (Fsp3) is 1.00. The maximum atomic E-state index is 2.50. The summed E-state index contributed by atoms with van der Waals surface area (Å²) < 4.78 is 0. The molecule has 16 heavy (non-hydrogen) atoms. The Morgan fingerprint density at radius 3 is 1.81 bits per heavy atom. The Morgan fingerprint density at radius 2 is 1.50 bits per heavy atom. The van der Waals surface area contributed by atoms with Crippen LogP contribution < -0.4 is 0 Å². The Labute approximate surface area is 104 Å². The molecule has 0 rings (SSSR count). The SMILES string of the molecule is CCCC(CC(C)(CC)CC(C)C)C(C)C. The molecule has 0 bridgehead atoms. The van der Waals surface area contributed by atoms with E-state index in [-0.39, 0.29) is 0 Å². The van der Waals surface area contributed by atoms with Gasteiger partial charge in [-0.25, -0.2) is 0 Å². The summed E-state index contributed by atoms with van der Waals surface area (Å²) in [5, 5.41) is 0. The van der Waals surface area contributed by atoms with E-state index in [0.29, 0.717) is 5.41 Å². The van der Waals surface area contributed by atoms with E-state index in [2.05, 4.69) is 48.5 Å². The van der Waals surface area contributed by atoms with Crippen LogP contribution in [0.5, 0.6) is 0 Å². The van der Waals surface area contributed by atoms with Gasteiger partial charge in [-0.3, -0.25) is 0 Å². The van der Waals surface area contributed by atoms with Crippen molar-refractivity contribution < 1.29 is 0 Å². The molecule has 0 heterocycles. The molecule has 0 aliphatic carbocycles. The fourth-order valence-corrected chi connectivity index (χ4v) is 3.03. The third-order valence-corrected chi connectivity index (χ3v) is 4.11. The van der Waals surface area contributed by atoms with Gasteiger partial charge in [-0.2, -0.15) is 0 Å². The van der Waals surface area contributed by atoms with E-state index in [4.69, 9.17) is 0 Å². The molecule has 0 aromatic heterocycles. The zero-order chi connectivity index (χ0) is 12.8. The molecule has 0 amide bonds. The summed E-state index contributed by atoms with van der Waals surface area (Å²) in [7, 11) is 0. The van der Waals surface area contributed by atoms with Gasteiger partial charge in [0.25, 0.3) is 0 Å². The summed E-state index contributed by atoms with van der Waals surface area (Å²) in [6.07, 6.45) is 6.89. The lowest BCUT2D eigenvalue weighted by atomic mass is 9.70. The Morgan fingerprint density at radius 1 is 0.938 bits per heavy atom. The summed E-state index contributed by atoms with van der Waals surface area (Å²) in [4.78, 5) is 0. The quantitative estimate of drug-likeness (QED) is 0.482. The lowest BCUT2D eigenvalue weighted by Crippen LogP contribution is -2.24. The summed E-state index contributed by atoms with van der Waals surface area (Å²) >= 11 is 0. The van der Waals surface area contributed by atoms with Crippen molar-refractivity contribution in [2.24, 2.45) is 23.2 Å². The average molecular weight is 226 g/mol. The van der Waals surface area contributed by atoms with Crippen molar-refractivity contribution in [1.29, 1.82) is 0 Å². The first-order valence-electron chi connectivity index (χ1n) is 7.34. The molecule has 0 saturated carbocycles. The van der Waals surface area contributed by atoms with Gasteiger partial charge in [0.2, 0.25) is 0 Å². The van der Waals surface area contributed by atoms with Gasteiger partial charge in [0.1, 0.15) is 0 Å². The molecule has 0 aliphatic heterocycles. The first-order valence-corrected chi connectivity index (χ1v) is 7.34. The molecule has 0 N–H and O–H groups in total. The Kier molecular flexibility index (Phi) is 7.35. The van der Waals surface area contributed by atoms with Crippen LogP contribution in [0.15, 0.2) is 0 Å². The van der Waals surface area contributed by atoms with Crippen LogP contribution in [0.4, 0.5) is 0 Å². The molecule has 0 heteroatoms. The highest BCUT2D eigenvalue weighted by Gasteiger charge is 2.28. The molecule has 0 aromatic carbocycles. The van der Waals surface area contributed by atoms with Crippen LogP contribution in [-0.2, 0) is 0 Å². The van der Waals surface area contributed by atoms with Crippen molar-refractivity contribution in [3.63, 3.8) is 0 Å². The smallest absolute Gasteiger partial charge is 0.0323 e. The van der Waals surface area contributed by atoms with Crippen molar-refractivity contribution in [2.45, 2.75) is 80.6 Å². The van der Waals surface area contributed by atoms with E-state index < -0.39 is 0 Å². The molecule has 2 unspecified atom stereocenters. The van der Waals surface area contributed by atoms with Crippen molar-refractivity contribution in [3.8, 4) is 0 Å². The van der Waals surface area contributed by atoms with Crippen LogP contribution in [0, 0.1) is 23.2 Å². The standard InChI is InChI=1S/C16H34/c1-8-10-15(14(5)6)12-16(7,9-2)11-13(3)4/h13-15H,8-12H2,1-7H3. The molecular weight excluding hydrogens is 192 g/mol. The minimum absolute atomic E-state index is 0.568. The lowest BCUT2D eigenvalue weighted by molar-refractivity contribution is 0.156. The van der Waals surface area contributed by atoms with Gasteiger partial charge in [0.15, 0.2) is 0 Å². The van der Waals surface area contributed by atoms with Crippen molar-refractivity contribution in [2.75, 3.05) is 0 Å². The van der Waals surface area contributed by atoms with Crippen LogP contribution >= 0.6 is 0 Å². The maximum Gasteiger partial charge on any atom is -0.0323 e. The van der Waals surface area contributed by atoms with Gasteiger partial charge in [-0.1, -0.05) is 67.7 Å². The average Bonchev–Trinajstić information content (AvgIpc) is 2.16. The van der Waals surface area contributed by atoms with Crippen LogP contribution in [0.1, 0.15) is 80.6 Å². The summed E-state index contributed by atoms with van der Waals surface area (Å²) in [5.74, 6) is 2.60. The van der Waals surface area contributed by atoms with Gasteiger partial charge in [-0.15, -0.1) is 0 Å². The maximum absolute atomic E-state index is 2.50. The predicted octanol–water partition coefficient (Wildman–Crippen LogP) is 5.91. The molecule has 0 radical (unpaired) electrons. The van der Waals surface area contributed by atoms with E-state index in [9.17, 15) is 0 Å². The summed E-state index contributed by atoms with van der Waals surface area (Å²) in [5.41, 5.74) is 0.568. The number of hydrogen-bond acceptors (Lipinski definition) is 0. The van der Waals surface area contributed by atoms with Crippen LogP contribution in [0.3, 0.4) is 0 Å². The highest BCUT2D eigenvalue weighted by atomic mass is 14.3. The van der Waals surface area contributed by atoms with Gasteiger partial charge in [-0.05, 0) is 36.0 Å². The molecule has 0 spiro atoms. The van der Waals surface area contributed by atoms with Crippen molar-refractivity contribution in [1.82, 2.24) is 0 Å². The summed E-state index contributed by atoms with van der Waals surface area (Å²) in [6.45, 7) is 16.7. The van der Waals surface area contributed by atoms with E-state index in [1.807, 2.05) is 0 Å². The zero-order valence-electron chi connectivity index (χ0n) is 12.8. The summed E-state index contributed by atoms with van der Waals surface area (Å²) in [6, 6.07) is 0. The first kappa shape index (κ1) is 16.0. The first-order chi connectivity index (χ1) is 7.34. The second-order valence-corrected chi connectivity index (χ2v) is 6.76. The molecule has 0 saturated heterocycles. The Balaban J connectivity index is 4.46. The van der Waals surface area contributed by atoms with Crippen molar-refractivity contribution >= 4 is 0 Å². The van der Waals surface area contributed by atoms with Crippen LogP contribution in [0.25, 0.3) is 0 Å². The second kappa shape index (κ2) is 7.35. The highest BCUT2D eigenvalue weighted by molar-refractivity contribution is 4.79. The van der Waals surface area contributed by atoms with E-state index >= 15 is 0 Å². The topological polar surface area (TPSA) is 0 Å². The van der Waals surface area contributed by atoms with Gasteiger partial charge in [0.05, 0.1) is 0 Å². The molecule has 0 aromatic rings. The predicted molar refractivity (Wildman–Crippen MR) is 75.7 cm³/mol. The minimum Gasteiger partial charge on any atom is -0.0654 e. The van der Waals surface area contributed by atoms with E-state index in [1.54, 1.807) is 0 Å². The molecule has 0 nitrogen and oxygen atoms in total. The molecule has 2 atom stereocenters. The van der Waals surface area contributed by atoms with Crippen LogP contribution in [0.2, 0.25) is 0 Å². The van der Waals surface area contributed by atoms with Gasteiger partial charge >= 0.3 is 0 Å². The third kappa shape index (κ3) is 5.92. The van der Waals surface area contributed by atoms with Crippen LogP contribution in [-0.4, -0.2) is 0 Å². The van der Waals surface area contributed by atoms with Gasteiger partial charge in [0, 0.05) is 0 Å². The normalized spacial score (nSPS) is 17.8. The van der Waals surface area contributed by atoms with Crippen molar-refractivity contribution in [3.05, 3.63) is 0 Å². The monoisotopic (exact) mass is 226 g/mol.